The van der Waals surface area contributed by atoms with E-state index in [0.29, 0.717) is 18.8 Å². The van der Waals surface area contributed by atoms with Crippen LogP contribution in [0, 0.1) is 5.82 Å². The van der Waals surface area contributed by atoms with Crippen LogP contribution in [0.1, 0.15) is 13.3 Å². The molecule has 0 spiro atoms. The molecule has 0 amide bonds. The molecule has 0 radical (unpaired) electrons. The Morgan fingerprint density at radius 1 is 1.41 bits per heavy atom. The zero-order chi connectivity index (χ0) is 12.7. The van der Waals surface area contributed by atoms with Crippen LogP contribution in [0.3, 0.4) is 0 Å². The number of para-hydroxylation sites is 1. The molecular formula is C13H21FN2O. The maximum Gasteiger partial charge on any atom is 0.146 e. The predicted octanol–water partition coefficient (Wildman–Crippen LogP) is 2.02. The van der Waals surface area contributed by atoms with Gasteiger partial charge in [-0.3, -0.25) is 0 Å². The highest BCUT2D eigenvalue weighted by molar-refractivity contribution is 5.46. The highest BCUT2D eigenvalue weighted by Gasteiger charge is 2.10. The topological polar surface area (TPSA) is 38.5 Å². The molecule has 0 aliphatic rings. The van der Waals surface area contributed by atoms with E-state index in [1.165, 1.54) is 6.07 Å². The highest BCUT2D eigenvalue weighted by Crippen LogP contribution is 2.17. The average molecular weight is 240 g/mol. The number of rotatable bonds is 7. The van der Waals surface area contributed by atoms with Crippen LogP contribution < -0.4 is 10.6 Å². The smallest absolute Gasteiger partial charge is 0.146 e. The molecule has 96 valence electrons. The molecule has 1 rings (SSSR count). The molecule has 0 aliphatic heterocycles. The van der Waals surface area contributed by atoms with E-state index >= 15 is 0 Å². The van der Waals surface area contributed by atoms with Crippen LogP contribution in [-0.2, 0) is 4.74 Å². The minimum absolute atomic E-state index is 0.0502. The summed E-state index contributed by atoms with van der Waals surface area (Å²) in [7, 11) is 1.87. The number of nitrogens with zero attached hydrogens (tertiary/aromatic N) is 1. The molecule has 3 nitrogen and oxygen atoms in total. The molecule has 0 aliphatic carbocycles. The average Bonchev–Trinajstić information content (AvgIpc) is 2.34. The lowest BCUT2D eigenvalue weighted by atomic mass is 10.2. The fraction of sp³-hybridized carbons (Fsp3) is 0.538. The normalized spacial score (nSPS) is 12.5. The summed E-state index contributed by atoms with van der Waals surface area (Å²) in [5, 5.41) is 0. The van der Waals surface area contributed by atoms with Crippen LogP contribution in [0.2, 0.25) is 0 Å². The van der Waals surface area contributed by atoms with Gasteiger partial charge in [-0.25, -0.2) is 4.39 Å². The zero-order valence-corrected chi connectivity index (χ0v) is 10.5. The van der Waals surface area contributed by atoms with E-state index in [1.54, 1.807) is 12.1 Å². The molecule has 17 heavy (non-hydrogen) atoms. The van der Waals surface area contributed by atoms with Gasteiger partial charge in [0.1, 0.15) is 5.82 Å². The van der Waals surface area contributed by atoms with Crippen molar-refractivity contribution in [3.8, 4) is 0 Å². The monoisotopic (exact) mass is 240 g/mol. The van der Waals surface area contributed by atoms with Crippen LogP contribution in [0.15, 0.2) is 24.3 Å². The van der Waals surface area contributed by atoms with Gasteiger partial charge in [0.2, 0.25) is 0 Å². The lowest BCUT2D eigenvalue weighted by Crippen LogP contribution is -2.30. The molecule has 0 bridgehead atoms. The first-order valence-corrected chi connectivity index (χ1v) is 5.96. The van der Waals surface area contributed by atoms with Crippen molar-refractivity contribution >= 4 is 5.69 Å². The fourth-order valence-corrected chi connectivity index (χ4v) is 1.72. The Morgan fingerprint density at radius 3 is 2.71 bits per heavy atom. The third-order valence-electron chi connectivity index (χ3n) is 2.72. The van der Waals surface area contributed by atoms with Gasteiger partial charge in [0.25, 0.3) is 0 Å². The summed E-state index contributed by atoms with van der Waals surface area (Å²) in [6.07, 6.45) is 0.851. The summed E-state index contributed by atoms with van der Waals surface area (Å²) < 4.78 is 19.0. The second-order valence-electron chi connectivity index (χ2n) is 3.97. The summed E-state index contributed by atoms with van der Waals surface area (Å²) in [5.74, 6) is -0.198. The van der Waals surface area contributed by atoms with Crippen LogP contribution in [0.5, 0.6) is 0 Å². The van der Waals surface area contributed by atoms with Crippen LogP contribution >= 0.6 is 0 Å². The van der Waals surface area contributed by atoms with Crippen LogP contribution in [-0.4, -0.2) is 32.8 Å². The molecule has 0 aromatic heterocycles. The number of benzene rings is 1. The Kier molecular flexibility index (Phi) is 5.94. The first kappa shape index (κ1) is 13.9. The van der Waals surface area contributed by atoms with E-state index in [0.717, 1.165) is 13.0 Å². The first-order chi connectivity index (χ1) is 8.19. The largest absolute Gasteiger partial charge is 0.377 e. The minimum atomic E-state index is -0.198. The quantitative estimate of drug-likeness (QED) is 0.792. The number of hydrogen-bond donors (Lipinski definition) is 1. The Morgan fingerprint density at radius 2 is 2.12 bits per heavy atom. The van der Waals surface area contributed by atoms with Gasteiger partial charge < -0.3 is 15.4 Å². The Hall–Kier alpha value is -1.13. The first-order valence-electron chi connectivity index (χ1n) is 5.96. The van der Waals surface area contributed by atoms with E-state index in [1.807, 2.05) is 24.9 Å². The number of anilines is 1. The number of halogens is 1. The summed E-state index contributed by atoms with van der Waals surface area (Å²) >= 11 is 0. The number of ether oxygens (including phenoxy) is 1. The Labute approximate surface area is 102 Å². The maximum absolute atomic E-state index is 13.5. The van der Waals surface area contributed by atoms with Gasteiger partial charge >= 0.3 is 0 Å². The van der Waals surface area contributed by atoms with Crippen molar-refractivity contribution < 1.29 is 9.13 Å². The molecule has 1 aromatic rings. The van der Waals surface area contributed by atoms with Gasteiger partial charge in [0.15, 0.2) is 0 Å². The van der Waals surface area contributed by atoms with Crippen molar-refractivity contribution in [3.63, 3.8) is 0 Å². The van der Waals surface area contributed by atoms with Crippen molar-refractivity contribution in [2.45, 2.75) is 19.4 Å². The third kappa shape index (κ3) is 4.32. The summed E-state index contributed by atoms with van der Waals surface area (Å²) in [6, 6.07) is 6.76. The van der Waals surface area contributed by atoms with Crippen LogP contribution in [0.25, 0.3) is 0 Å². The van der Waals surface area contributed by atoms with Gasteiger partial charge in [0.05, 0.1) is 11.8 Å². The van der Waals surface area contributed by atoms with Crippen molar-refractivity contribution in [1.82, 2.24) is 0 Å². The molecule has 2 N–H and O–H groups in total. The van der Waals surface area contributed by atoms with Crippen molar-refractivity contribution in [2.75, 3.05) is 31.6 Å². The summed E-state index contributed by atoms with van der Waals surface area (Å²) in [6.45, 7) is 3.83. The van der Waals surface area contributed by atoms with Gasteiger partial charge in [0, 0.05) is 26.7 Å². The molecule has 0 fully saturated rings. The molecule has 4 heteroatoms. The molecule has 1 unspecified atom stereocenters. The minimum Gasteiger partial charge on any atom is -0.377 e. The van der Waals surface area contributed by atoms with E-state index < -0.39 is 0 Å². The maximum atomic E-state index is 13.5. The van der Waals surface area contributed by atoms with Gasteiger partial charge in [-0.1, -0.05) is 12.1 Å². The van der Waals surface area contributed by atoms with E-state index in [2.05, 4.69) is 0 Å². The summed E-state index contributed by atoms with van der Waals surface area (Å²) in [4.78, 5) is 1.89. The lowest BCUT2D eigenvalue weighted by molar-refractivity contribution is 0.0646. The molecular weight excluding hydrogens is 219 g/mol. The van der Waals surface area contributed by atoms with Gasteiger partial charge in [-0.15, -0.1) is 0 Å². The Bertz CT molecular complexity index is 333. The SMILES string of the molecule is CCOC(CN)CCN(C)c1ccccc1F. The van der Waals surface area contributed by atoms with Gasteiger partial charge in [-0.2, -0.15) is 0 Å². The molecule has 0 heterocycles. The second-order valence-corrected chi connectivity index (χ2v) is 3.97. The van der Waals surface area contributed by atoms with Crippen molar-refractivity contribution in [1.29, 1.82) is 0 Å². The standard InChI is InChI=1S/C13H21FN2O/c1-3-17-11(10-15)8-9-16(2)13-7-5-4-6-12(13)14/h4-7,11H,3,8-10,15H2,1-2H3. The van der Waals surface area contributed by atoms with E-state index in [4.69, 9.17) is 10.5 Å². The van der Waals surface area contributed by atoms with E-state index in [9.17, 15) is 4.39 Å². The lowest BCUT2D eigenvalue weighted by Gasteiger charge is -2.22. The summed E-state index contributed by atoms with van der Waals surface area (Å²) in [5.41, 5.74) is 6.21. The number of hydrogen-bond acceptors (Lipinski definition) is 3. The van der Waals surface area contributed by atoms with Crippen LogP contribution in [0.4, 0.5) is 10.1 Å². The fourth-order valence-electron chi connectivity index (χ4n) is 1.72. The number of nitrogens with two attached hydrogens (primary N) is 1. The molecule has 1 atom stereocenters. The molecule has 0 saturated carbocycles. The van der Waals surface area contributed by atoms with Crippen molar-refractivity contribution in [2.24, 2.45) is 5.73 Å². The predicted molar refractivity (Wildman–Crippen MR) is 68.8 cm³/mol. The molecule has 1 aromatic carbocycles. The van der Waals surface area contributed by atoms with E-state index in [-0.39, 0.29) is 11.9 Å². The molecule has 0 saturated heterocycles. The van der Waals surface area contributed by atoms with Gasteiger partial charge in [-0.05, 0) is 25.5 Å². The highest BCUT2D eigenvalue weighted by atomic mass is 19.1. The second kappa shape index (κ2) is 7.25. The van der Waals surface area contributed by atoms with Crippen molar-refractivity contribution in [3.05, 3.63) is 30.1 Å². The third-order valence-corrected chi connectivity index (χ3v) is 2.72. The zero-order valence-electron chi connectivity index (χ0n) is 10.5. The Balaban J connectivity index is 2.49.